The number of nitrogens with one attached hydrogen (secondary N) is 2. The van der Waals surface area contributed by atoms with E-state index in [4.69, 9.17) is 26.8 Å². The molecule has 0 saturated heterocycles. The van der Waals surface area contributed by atoms with Crippen LogP contribution in [0, 0.1) is 5.92 Å². The molecule has 10 nitrogen and oxygen atoms in total. The molecule has 2 rings (SSSR count). The number of nitrogens with two attached hydrogens (primary N) is 1. The van der Waals surface area contributed by atoms with Crippen molar-refractivity contribution in [2.24, 2.45) is 11.7 Å². The molecule has 0 aromatic heterocycles. The minimum absolute atomic E-state index is 0.130. The zero-order valence-corrected chi connectivity index (χ0v) is 19.0. The van der Waals surface area contributed by atoms with Crippen molar-refractivity contribution in [3.63, 3.8) is 0 Å². The van der Waals surface area contributed by atoms with Crippen molar-refractivity contribution in [1.29, 1.82) is 0 Å². The Balaban J connectivity index is 2.29. The number of urea groups is 1. The Kier molecular flexibility index (Phi) is 8.06. The number of hydrogen-bond donors (Lipinski definition) is 3. The van der Waals surface area contributed by atoms with Crippen molar-refractivity contribution in [2.45, 2.75) is 24.8 Å². The maximum absolute atomic E-state index is 12.8. The minimum atomic E-state index is -4.17. The molecule has 0 aliphatic rings. The van der Waals surface area contributed by atoms with Gasteiger partial charge in [0.1, 0.15) is 10.6 Å². The van der Waals surface area contributed by atoms with Crippen LogP contribution in [0.2, 0.25) is 5.02 Å². The van der Waals surface area contributed by atoms with Crippen LogP contribution in [0.5, 0.6) is 5.75 Å². The van der Waals surface area contributed by atoms with Gasteiger partial charge < -0.3 is 15.2 Å². The molecule has 0 bridgehead atoms. The maximum Gasteiger partial charge on any atom is 0.338 e. The van der Waals surface area contributed by atoms with Gasteiger partial charge >= 0.3 is 12.0 Å². The molecule has 2 aromatic rings. The number of benzene rings is 2. The number of imide groups is 1. The van der Waals surface area contributed by atoms with E-state index in [9.17, 15) is 22.8 Å². The summed E-state index contributed by atoms with van der Waals surface area (Å²) in [4.78, 5) is 35.2. The second kappa shape index (κ2) is 10.3. The number of esters is 1. The van der Waals surface area contributed by atoms with E-state index >= 15 is 0 Å². The lowest BCUT2D eigenvalue weighted by Gasteiger charge is -2.20. The highest BCUT2D eigenvalue weighted by atomic mass is 35.5. The number of sulfonamides is 1. The minimum Gasteiger partial charge on any atom is -0.497 e. The number of primary amides is 1. The summed E-state index contributed by atoms with van der Waals surface area (Å²) in [6.07, 6.45) is -1.33. The van der Waals surface area contributed by atoms with Crippen molar-refractivity contribution in [1.82, 2.24) is 5.32 Å². The average Bonchev–Trinajstić information content (AvgIpc) is 2.71. The Morgan fingerprint density at radius 3 is 2.22 bits per heavy atom. The van der Waals surface area contributed by atoms with Gasteiger partial charge in [-0.2, -0.15) is 0 Å². The van der Waals surface area contributed by atoms with Gasteiger partial charge in [0.2, 0.25) is 0 Å². The van der Waals surface area contributed by atoms with Gasteiger partial charge in [0.15, 0.2) is 6.10 Å². The van der Waals surface area contributed by atoms with E-state index in [0.29, 0.717) is 5.75 Å². The van der Waals surface area contributed by atoms with Gasteiger partial charge in [0.05, 0.1) is 17.7 Å². The molecule has 0 radical (unpaired) electrons. The average molecular weight is 484 g/mol. The van der Waals surface area contributed by atoms with Crippen LogP contribution >= 0.6 is 11.6 Å². The van der Waals surface area contributed by atoms with E-state index < -0.39 is 40.0 Å². The first-order chi connectivity index (χ1) is 14.9. The van der Waals surface area contributed by atoms with E-state index in [1.807, 2.05) is 5.32 Å². The first kappa shape index (κ1) is 25.0. The van der Waals surface area contributed by atoms with Gasteiger partial charge in [0.25, 0.3) is 15.9 Å². The number of carbonyl (C=O) groups is 3. The second-order valence-corrected chi connectivity index (χ2v) is 8.96. The number of carbonyl (C=O) groups excluding carboxylic acids is 3. The number of amides is 3. The third-order valence-electron chi connectivity index (χ3n) is 4.14. The smallest absolute Gasteiger partial charge is 0.338 e. The first-order valence-electron chi connectivity index (χ1n) is 9.22. The number of ether oxygens (including phenoxy) is 2. The lowest BCUT2D eigenvalue weighted by Crippen LogP contribution is -2.45. The monoisotopic (exact) mass is 483 g/mol. The summed E-state index contributed by atoms with van der Waals surface area (Å²) in [5, 5.41) is 1.72. The molecule has 0 heterocycles. The number of hydrogen-bond acceptors (Lipinski definition) is 7. The summed E-state index contributed by atoms with van der Waals surface area (Å²) in [6, 6.07) is 8.52. The Labute approximate surface area is 190 Å². The van der Waals surface area contributed by atoms with Gasteiger partial charge in [-0.25, -0.2) is 18.0 Å². The molecule has 4 N–H and O–H groups in total. The van der Waals surface area contributed by atoms with Crippen molar-refractivity contribution < 1.29 is 32.3 Å². The molecule has 0 spiro atoms. The molecule has 3 amide bonds. The predicted molar refractivity (Wildman–Crippen MR) is 117 cm³/mol. The molecule has 0 aliphatic heterocycles. The second-order valence-electron chi connectivity index (χ2n) is 6.90. The summed E-state index contributed by atoms with van der Waals surface area (Å²) < 4.78 is 38.2. The lowest BCUT2D eigenvalue weighted by atomic mass is 10.1. The Morgan fingerprint density at radius 1 is 1.06 bits per heavy atom. The van der Waals surface area contributed by atoms with Crippen LogP contribution in [-0.4, -0.2) is 39.5 Å². The molecule has 0 saturated carbocycles. The summed E-state index contributed by atoms with van der Waals surface area (Å²) in [5.74, 6) is -1.84. The van der Waals surface area contributed by atoms with E-state index in [2.05, 4.69) is 4.72 Å². The van der Waals surface area contributed by atoms with Gasteiger partial charge in [-0.3, -0.25) is 14.8 Å². The number of methoxy groups -OCH3 is 1. The quantitative estimate of drug-likeness (QED) is 0.487. The number of anilines is 1. The topological polar surface area (TPSA) is 154 Å². The SMILES string of the molecule is COc1ccc(NS(=O)(=O)c2cc(C(=O)OC(C(=O)NC(N)=O)C(C)C)ccc2Cl)cc1. The van der Waals surface area contributed by atoms with Crippen molar-refractivity contribution in [3.8, 4) is 5.75 Å². The first-order valence-corrected chi connectivity index (χ1v) is 11.1. The van der Waals surface area contributed by atoms with Crippen LogP contribution in [0.4, 0.5) is 10.5 Å². The molecule has 0 fully saturated rings. The normalized spacial score (nSPS) is 12.0. The van der Waals surface area contributed by atoms with Crippen LogP contribution in [0.1, 0.15) is 24.2 Å². The Morgan fingerprint density at radius 2 is 1.69 bits per heavy atom. The standard InChI is InChI=1S/C20H22ClN3O7S/c1-11(2)17(18(25)23-20(22)27)31-19(26)12-4-9-15(21)16(10-12)32(28,29)24-13-5-7-14(30-3)8-6-13/h4-11,17,24H,1-3H3,(H3,22,23,25,27). The lowest BCUT2D eigenvalue weighted by molar-refractivity contribution is -0.130. The van der Waals surface area contributed by atoms with E-state index in [1.165, 1.54) is 31.4 Å². The molecular formula is C20H22ClN3O7S. The third kappa shape index (κ3) is 6.34. The van der Waals surface area contributed by atoms with E-state index in [1.54, 1.807) is 26.0 Å². The fourth-order valence-electron chi connectivity index (χ4n) is 2.57. The molecular weight excluding hydrogens is 462 g/mol. The number of rotatable bonds is 8. The summed E-state index contributed by atoms with van der Waals surface area (Å²) in [7, 11) is -2.69. The Bertz CT molecular complexity index is 1120. The molecule has 1 unspecified atom stereocenters. The van der Waals surface area contributed by atoms with Gasteiger partial charge in [-0.15, -0.1) is 0 Å². The van der Waals surface area contributed by atoms with Crippen LogP contribution in [-0.2, 0) is 19.6 Å². The largest absolute Gasteiger partial charge is 0.497 e. The number of halogens is 1. The van der Waals surface area contributed by atoms with Crippen LogP contribution in [0.15, 0.2) is 47.4 Å². The third-order valence-corrected chi connectivity index (χ3v) is 6.01. The van der Waals surface area contributed by atoms with E-state index in [-0.39, 0.29) is 21.2 Å². The molecule has 2 aromatic carbocycles. The van der Waals surface area contributed by atoms with Gasteiger partial charge in [-0.05, 0) is 48.4 Å². The van der Waals surface area contributed by atoms with E-state index in [0.717, 1.165) is 6.07 Å². The fraction of sp³-hybridized carbons (Fsp3) is 0.250. The fourth-order valence-corrected chi connectivity index (χ4v) is 4.16. The molecule has 172 valence electrons. The molecule has 12 heteroatoms. The van der Waals surface area contributed by atoms with Crippen molar-refractivity contribution >= 4 is 45.2 Å². The highest BCUT2D eigenvalue weighted by Crippen LogP contribution is 2.26. The zero-order chi connectivity index (χ0) is 24.1. The van der Waals surface area contributed by atoms with Crippen LogP contribution in [0.3, 0.4) is 0 Å². The molecule has 0 aliphatic carbocycles. The summed E-state index contributed by atoms with van der Waals surface area (Å²) in [5.41, 5.74) is 5.01. The highest BCUT2D eigenvalue weighted by molar-refractivity contribution is 7.92. The van der Waals surface area contributed by atoms with Gasteiger partial charge in [-0.1, -0.05) is 25.4 Å². The summed E-state index contributed by atoms with van der Waals surface area (Å²) >= 11 is 6.06. The van der Waals surface area contributed by atoms with Crippen molar-refractivity contribution in [2.75, 3.05) is 11.8 Å². The van der Waals surface area contributed by atoms with Crippen LogP contribution < -0.4 is 20.5 Å². The zero-order valence-electron chi connectivity index (χ0n) is 17.4. The van der Waals surface area contributed by atoms with Gasteiger partial charge in [0, 0.05) is 5.69 Å². The maximum atomic E-state index is 12.8. The molecule has 1 atom stereocenters. The molecule has 32 heavy (non-hydrogen) atoms. The Hall–Kier alpha value is -3.31. The highest BCUT2D eigenvalue weighted by Gasteiger charge is 2.29. The van der Waals surface area contributed by atoms with Crippen LogP contribution in [0.25, 0.3) is 0 Å². The van der Waals surface area contributed by atoms with Crippen molar-refractivity contribution in [3.05, 3.63) is 53.1 Å². The predicted octanol–water partition coefficient (Wildman–Crippen LogP) is 2.53. The summed E-state index contributed by atoms with van der Waals surface area (Å²) in [6.45, 7) is 3.18.